The third kappa shape index (κ3) is 4.99. The quantitative estimate of drug-likeness (QED) is 0.689. The van der Waals surface area contributed by atoms with E-state index in [0.29, 0.717) is 13.0 Å². The molecule has 0 unspecified atom stereocenters. The molecule has 0 atom stereocenters. The Morgan fingerprint density at radius 2 is 1.64 bits per heavy atom. The van der Waals surface area contributed by atoms with Crippen LogP contribution in [0, 0.1) is 0 Å². The predicted octanol–water partition coefficient (Wildman–Crippen LogP) is 4.62. The first-order chi connectivity index (χ1) is 11.6. The molecule has 1 aliphatic carbocycles. The summed E-state index contributed by atoms with van der Waals surface area (Å²) in [5, 5.41) is 3.16. The van der Waals surface area contributed by atoms with Gasteiger partial charge >= 0.3 is 0 Å². The minimum atomic E-state index is 0. The van der Waals surface area contributed by atoms with Crippen molar-refractivity contribution in [1.82, 2.24) is 5.32 Å². The molecule has 1 amide bonds. The van der Waals surface area contributed by atoms with E-state index in [1.165, 1.54) is 18.4 Å². The third-order valence-electron chi connectivity index (χ3n) is 4.99. The maximum absolute atomic E-state index is 12.3. The van der Waals surface area contributed by atoms with Gasteiger partial charge in [-0.1, -0.05) is 53.0 Å². The molecule has 0 heterocycles. The van der Waals surface area contributed by atoms with Crippen molar-refractivity contribution >= 4 is 39.9 Å². The third-order valence-corrected chi connectivity index (χ3v) is 5.51. The maximum atomic E-state index is 12.3. The summed E-state index contributed by atoms with van der Waals surface area (Å²) in [6, 6.07) is 16.0. The molecule has 0 saturated heterocycles. The molecule has 25 heavy (non-hydrogen) atoms. The first-order valence-corrected chi connectivity index (χ1v) is 9.24. The second-order valence-electron chi connectivity index (χ2n) is 6.69. The van der Waals surface area contributed by atoms with Gasteiger partial charge in [0.05, 0.1) is 6.42 Å². The number of hydrogen-bond donors (Lipinski definition) is 2. The zero-order valence-corrected chi connectivity index (χ0v) is 16.5. The number of carbonyl (C=O) groups is 1. The number of nitrogen functional groups attached to an aromatic ring is 1. The van der Waals surface area contributed by atoms with Crippen molar-refractivity contribution in [3.8, 4) is 0 Å². The fourth-order valence-corrected chi connectivity index (χ4v) is 3.84. The summed E-state index contributed by atoms with van der Waals surface area (Å²) in [5.41, 5.74) is 8.81. The van der Waals surface area contributed by atoms with Crippen LogP contribution in [0.5, 0.6) is 0 Å². The van der Waals surface area contributed by atoms with E-state index >= 15 is 0 Å². The zero-order valence-electron chi connectivity index (χ0n) is 14.1. The molecule has 0 radical (unpaired) electrons. The molecule has 1 saturated carbocycles. The van der Waals surface area contributed by atoms with E-state index < -0.39 is 0 Å². The number of halogens is 2. The SMILES string of the molecule is Cl.Nc1ccc(CC(=O)NCC2(c3ccc(Br)cc3)CCCC2)cc1. The summed E-state index contributed by atoms with van der Waals surface area (Å²) in [7, 11) is 0. The highest BCUT2D eigenvalue weighted by molar-refractivity contribution is 9.10. The van der Waals surface area contributed by atoms with Crippen LogP contribution < -0.4 is 11.1 Å². The fourth-order valence-electron chi connectivity index (χ4n) is 3.57. The van der Waals surface area contributed by atoms with Crippen LogP contribution in [0.1, 0.15) is 36.8 Å². The molecule has 0 spiro atoms. The predicted molar refractivity (Wildman–Crippen MR) is 109 cm³/mol. The van der Waals surface area contributed by atoms with Gasteiger partial charge in [-0.25, -0.2) is 0 Å². The van der Waals surface area contributed by atoms with Crippen LogP contribution in [-0.2, 0) is 16.6 Å². The van der Waals surface area contributed by atoms with E-state index in [1.54, 1.807) is 0 Å². The molecule has 0 aliphatic heterocycles. The molecule has 2 aromatic carbocycles. The summed E-state index contributed by atoms with van der Waals surface area (Å²) in [6.45, 7) is 0.711. The summed E-state index contributed by atoms with van der Waals surface area (Å²) >= 11 is 3.50. The van der Waals surface area contributed by atoms with Crippen molar-refractivity contribution in [2.45, 2.75) is 37.5 Å². The van der Waals surface area contributed by atoms with E-state index in [2.05, 4.69) is 45.5 Å². The van der Waals surface area contributed by atoms with E-state index in [1.807, 2.05) is 24.3 Å². The molecular weight excluding hydrogens is 400 g/mol. The standard InChI is InChI=1S/C20H23BrN2O.ClH/c21-17-7-5-16(6-8-17)20(11-1-2-12-20)14-23-19(24)13-15-3-9-18(22)10-4-15;/h3-10H,1-2,11-14,22H2,(H,23,24);1H. The summed E-state index contributed by atoms with van der Waals surface area (Å²) in [4.78, 5) is 12.3. The van der Waals surface area contributed by atoms with Crippen LogP contribution in [0.15, 0.2) is 53.0 Å². The molecule has 3 nitrogen and oxygen atoms in total. The first-order valence-electron chi connectivity index (χ1n) is 8.45. The number of hydrogen-bond acceptors (Lipinski definition) is 2. The van der Waals surface area contributed by atoms with Gasteiger partial charge in [0.2, 0.25) is 5.91 Å². The van der Waals surface area contributed by atoms with Crippen LogP contribution in [0.25, 0.3) is 0 Å². The van der Waals surface area contributed by atoms with Crippen LogP contribution in [-0.4, -0.2) is 12.5 Å². The normalized spacial score (nSPS) is 15.4. The number of benzene rings is 2. The molecule has 134 valence electrons. The number of nitrogens with two attached hydrogens (primary N) is 1. The van der Waals surface area contributed by atoms with E-state index in [9.17, 15) is 4.79 Å². The topological polar surface area (TPSA) is 55.1 Å². The second kappa shape index (κ2) is 8.72. The Labute approximate surface area is 163 Å². The molecule has 2 aromatic rings. The van der Waals surface area contributed by atoms with Gasteiger partial charge in [-0.15, -0.1) is 12.4 Å². The average Bonchev–Trinajstić information content (AvgIpc) is 3.06. The molecular formula is C20H24BrClN2O. The fraction of sp³-hybridized carbons (Fsp3) is 0.350. The number of anilines is 1. The van der Waals surface area contributed by atoms with E-state index in [-0.39, 0.29) is 23.7 Å². The van der Waals surface area contributed by atoms with Gasteiger partial charge in [-0.2, -0.15) is 0 Å². The lowest BCUT2D eigenvalue weighted by Crippen LogP contribution is -2.39. The molecule has 1 fully saturated rings. The summed E-state index contributed by atoms with van der Waals surface area (Å²) in [5.74, 6) is 0.0724. The Balaban J connectivity index is 0.00000225. The summed E-state index contributed by atoms with van der Waals surface area (Å²) in [6.07, 6.45) is 5.12. The van der Waals surface area contributed by atoms with Crippen molar-refractivity contribution < 1.29 is 4.79 Å². The van der Waals surface area contributed by atoms with E-state index in [4.69, 9.17) is 5.73 Å². The highest BCUT2D eigenvalue weighted by Crippen LogP contribution is 2.40. The van der Waals surface area contributed by atoms with Crippen LogP contribution >= 0.6 is 28.3 Å². The van der Waals surface area contributed by atoms with Gasteiger partial charge in [-0.05, 0) is 48.2 Å². The Morgan fingerprint density at radius 3 is 2.24 bits per heavy atom. The largest absolute Gasteiger partial charge is 0.399 e. The Bertz CT molecular complexity index is 695. The lowest BCUT2D eigenvalue weighted by atomic mass is 9.79. The smallest absolute Gasteiger partial charge is 0.224 e. The lowest BCUT2D eigenvalue weighted by molar-refractivity contribution is -0.120. The highest BCUT2D eigenvalue weighted by Gasteiger charge is 2.35. The van der Waals surface area contributed by atoms with Crippen LogP contribution in [0.3, 0.4) is 0 Å². The molecule has 0 aromatic heterocycles. The Hall–Kier alpha value is -1.52. The first kappa shape index (κ1) is 19.8. The van der Waals surface area contributed by atoms with Gasteiger partial charge in [0, 0.05) is 22.1 Å². The number of carbonyl (C=O) groups excluding carboxylic acids is 1. The van der Waals surface area contributed by atoms with Gasteiger partial charge in [-0.3, -0.25) is 4.79 Å². The number of rotatable bonds is 5. The van der Waals surface area contributed by atoms with Crippen molar-refractivity contribution in [3.63, 3.8) is 0 Å². The highest BCUT2D eigenvalue weighted by atomic mass is 79.9. The minimum Gasteiger partial charge on any atom is -0.399 e. The zero-order chi connectivity index (χ0) is 17.0. The lowest BCUT2D eigenvalue weighted by Gasteiger charge is -2.30. The number of nitrogens with one attached hydrogen (secondary N) is 1. The summed E-state index contributed by atoms with van der Waals surface area (Å²) < 4.78 is 1.09. The average molecular weight is 424 g/mol. The van der Waals surface area contributed by atoms with Gasteiger partial charge in [0.15, 0.2) is 0 Å². The molecule has 3 N–H and O–H groups in total. The molecule has 1 aliphatic rings. The molecule has 0 bridgehead atoms. The van der Waals surface area contributed by atoms with Crippen LogP contribution in [0.2, 0.25) is 0 Å². The number of amides is 1. The maximum Gasteiger partial charge on any atom is 0.224 e. The van der Waals surface area contributed by atoms with Gasteiger partial charge in [0.25, 0.3) is 0 Å². The molecule has 5 heteroatoms. The van der Waals surface area contributed by atoms with Gasteiger partial charge in [0.1, 0.15) is 0 Å². The second-order valence-corrected chi connectivity index (χ2v) is 7.61. The Kier molecular flexibility index (Phi) is 6.91. The van der Waals surface area contributed by atoms with Crippen molar-refractivity contribution in [2.24, 2.45) is 0 Å². The monoisotopic (exact) mass is 422 g/mol. The Morgan fingerprint density at radius 1 is 1.04 bits per heavy atom. The van der Waals surface area contributed by atoms with Gasteiger partial charge < -0.3 is 11.1 Å². The van der Waals surface area contributed by atoms with Crippen molar-refractivity contribution in [2.75, 3.05) is 12.3 Å². The molecule has 3 rings (SSSR count). The van der Waals surface area contributed by atoms with E-state index in [0.717, 1.165) is 28.6 Å². The van der Waals surface area contributed by atoms with Crippen molar-refractivity contribution in [1.29, 1.82) is 0 Å². The van der Waals surface area contributed by atoms with Crippen molar-refractivity contribution in [3.05, 3.63) is 64.1 Å². The van der Waals surface area contributed by atoms with Crippen LogP contribution in [0.4, 0.5) is 5.69 Å². The minimum absolute atomic E-state index is 0.